The minimum Gasteiger partial charge on any atom is -0.338 e. The van der Waals surface area contributed by atoms with Gasteiger partial charge in [-0.15, -0.1) is 0 Å². The summed E-state index contributed by atoms with van der Waals surface area (Å²) >= 11 is 0. The SMILES string of the molecule is Cc1cc(C(F)(F)F)nn1C(C)C(=O)N1CCN(Cc2cccc(F)c2F)CC1. The lowest BCUT2D eigenvalue weighted by molar-refractivity contribution is -0.143. The lowest BCUT2D eigenvalue weighted by Crippen LogP contribution is -2.50. The van der Waals surface area contributed by atoms with Gasteiger partial charge in [0.2, 0.25) is 5.91 Å². The average Bonchev–Trinajstić information content (AvgIpc) is 3.07. The van der Waals surface area contributed by atoms with E-state index in [0.717, 1.165) is 16.8 Å². The molecule has 1 aliphatic rings. The first-order chi connectivity index (χ1) is 13.6. The summed E-state index contributed by atoms with van der Waals surface area (Å²) < 4.78 is 66.8. The molecule has 1 aliphatic heterocycles. The number of hydrogen-bond donors (Lipinski definition) is 0. The molecule has 29 heavy (non-hydrogen) atoms. The number of carbonyl (C=O) groups excluding carboxylic acids is 1. The highest BCUT2D eigenvalue weighted by molar-refractivity contribution is 5.80. The summed E-state index contributed by atoms with van der Waals surface area (Å²) in [7, 11) is 0. The van der Waals surface area contributed by atoms with Crippen LogP contribution in [0.3, 0.4) is 0 Å². The van der Waals surface area contributed by atoms with E-state index in [1.807, 2.05) is 4.90 Å². The van der Waals surface area contributed by atoms with E-state index in [4.69, 9.17) is 0 Å². The molecule has 0 bridgehead atoms. The summed E-state index contributed by atoms with van der Waals surface area (Å²) in [5, 5.41) is 3.54. The van der Waals surface area contributed by atoms with E-state index in [9.17, 15) is 26.7 Å². The van der Waals surface area contributed by atoms with E-state index in [2.05, 4.69) is 5.10 Å². The topological polar surface area (TPSA) is 41.4 Å². The number of halogens is 5. The van der Waals surface area contributed by atoms with Gasteiger partial charge in [0, 0.05) is 44.0 Å². The van der Waals surface area contributed by atoms with Crippen LogP contribution in [-0.4, -0.2) is 51.7 Å². The second-order valence-electron chi connectivity index (χ2n) is 7.10. The number of nitrogens with zero attached hydrogens (tertiary/aromatic N) is 4. The van der Waals surface area contributed by atoms with E-state index in [-0.39, 0.29) is 23.7 Å². The predicted octanol–water partition coefficient (Wildman–Crippen LogP) is 3.39. The van der Waals surface area contributed by atoms with Crippen molar-refractivity contribution in [3.63, 3.8) is 0 Å². The fourth-order valence-electron chi connectivity index (χ4n) is 3.43. The molecule has 2 heterocycles. The molecule has 0 radical (unpaired) electrons. The van der Waals surface area contributed by atoms with Crippen molar-refractivity contribution in [3.05, 3.63) is 52.9 Å². The summed E-state index contributed by atoms with van der Waals surface area (Å²) in [6.07, 6.45) is -4.57. The molecule has 2 aromatic rings. The van der Waals surface area contributed by atoms with Gasteiger partial charge >= 0.3 is 6.18 Å². The van der Waals surface area contributed by atoms with E-state index in [1.165, 1.54) is 26.0 Å². The highest BCUT2D eigenvalue weighted by Gasteiger charge is 2.36. The zero-order valence-electron chi connectivity index (χ0n) is 16.0. The zero-order valence-corrected chi connectivity index (χ0v) is 16.0. The maximum absolute atomic E-state index is 13.8. The van der Waals surface area contributed by atoms with E-state index >= 15 is 0 Å². The van der Waals surface area contributed by atoms with Gasteiger partial charge in [0.1, 0.15) is 6.04 Å². The molecular weight excluding hydrogens is 395 g/mol. The molecule has 1 atom stereocenters. The average molecular weight is 416 g/mol. The van der Waals surface area contributed by atoms with Gasteiger partial charge in [-0.1, -0.05) is 12.1 Å². The lowest BCUT2D eigenvalue weighted by atomic mass is 10.1. The Hall–Kier alpha value is -2.49. The first-order valence-corrected chi connectivity index (χ1v) is 9.15. The van der Waals surface area contributed by atoms with E-state index in [0.29, 0.717) is 26.2 Å². The van der Waals surface area contributed by atoms with Crippen LogP contribution in [0, 0.1) is 18.6 Å². The molecule has 1 aromatic heterocycles. The number of piperazine rings is 1. The third-order valence-electron chi connectivity index (χ3n) is 5.05. The summed E-state index contributed by atoms with van der Waals surface area (Å²) in [6.45, 7) is 4.77. The zero-order chi connectivity index (χ0) is 21.3. The predicted molar refractivity (Wildman–Crippen MR) is 94.9 cm³/mol. The van der Waals surface area contributed by atoms with Crippen LogP contribution < -0.4 is 0 Å². The van der Waals surface area contributed by atoms with Crippen molar-refractivity contribution in [2.24, 2.45) is 0 Å². The van der Waals surface area contributed by atoms with Crippen LogP contribution in [-0.2, 0) is 17.5 Å². The molecule has 0 N–H and O–H groups in total. The van der Waals surface area contributed by atoms with Gasteiger partial charge in [0.25, 0.3) is 0 Å². The molecule has 1 amide bonds. The maximum atomic E-state index is 13.8. The largest absolute Gasteiger partial charge is 0.435 e. The first-order valence-electron chi connectivity index (χ1n) is 9.15. The van der Waals surface area contributed by atoms with Crippen LogP contribution in [0.2, 0.25) is 0 Å². The quantitative estimate of drug-likeness (QED) is 0.718. The van der Waals surface area contributed by atoms with Crippen molar-refractivity contribution >= 4 is 5.91 Å². The first kappa shape index (κ1) is 21.2. The molecule has 0 spiro atoms. The summed E-state index contributed by atoms with van der Waals surface area (Å²) in [6, 6.07) is 4.04. The maximum Gasteiger partial charge on any atom is 0.435 e. The standard InChI is InChI=1S/C19H21F5N4O/c1-12-10-16(19(22,23)24)25-28(12)13(2)18(29)27-8-6-26(7-9-27)11-14-4-3-5-15(20)17(14)21/h3-5,10,13H,6-9,11H2,1-2H3. The van der Waals surface area contributed by atoms with E-state index in [1.54, 1.807) is 4.90 Å². The normalized spacial score (nSPS) is 16.9. The van der Waals surface area contributed by atoms with Gasteiger partial charge in [-0.25, -0.2) is 8.78 Å². The minimum absolute atomic E-state index is 0.217. The highest BCUT2D eigenvalue weighted by Crippen LogP contribution is 2.29. The monoisotopic (exact) mass is 416 g/mol. The number of aryl methyl sites for hydroxylation is 1. The number of hydrogen-bond acceptors (Lipinski definition) is 3. The molecule has 5 nitrogen and oxygen atoms in total. The van der Waals surface area contributed by atoms with Crippen LogP contribution in [0.1, 0.15) is 29.9 Å². The van der Waals surface area contributed by atoms with E-state index < -0.39 is 29.5 Å². The van der Waals surface area contributed by atoms with Crippen molar-refractivity contribution in [1.82, 2.24) is 19.6 Å². The van der Waals surface area contributed by atoms with Crippen molar-refractivity contribution in [2.45, 2.75) is 32.6 Å². The third kappa shape index (κ3) is 4.58. The molecule has 0 aliphatic carbocycles. The lowest BCUT2D eigenvalue weighted by Gasteiger charge is -2.36. The molecular formula is C19H21F5N4O. The summed E-state index contributed by atoms with van der Waals surface area (Å²) in [5.74, 6) is -2.12. The number of amides is 1. The number of carbonyl (C=O) groups is 1. The molecule has 158 valence electrons. The van der Waals surface area contributed by atoms with Crippen molar-refractivity contribution in [3.8, 4) is 0 Å². The minimum atomic E-state index is -4.57. The smallest absolute Gasteiger partial charge is 0.338 e. The number of rotatable bonds is 4. The second-order valence-corrected chi connectivity index (χ2v) is 7.10. The molecule has 3 rings (SSSR count). The van der Waals surface area contributed by atoms with Crippen LogP contribution >= 0.6 is 0 Å². The molecule has 1 unspecified atom stereocenters. The highest BCUT2D eigenvalue weighted by atomic mass is 19.4. The van der Waals surface area contributed by atoms with Gasteiger partial charge in [-0.2, -0.15) is 18.3 Å². The Morgan fingerprint density at radius 2 is 1.83 bits per heavy atom. The van der Waals surface area contributed by atoms with Gasteiger partial charge in [0.05, 0.1) is 0 Å². The Morgan fingerprint density at radius 1 is 1.17 bits per heavy atom. The second kappa shape index (κ2) is 8.10. The number of aromatic nitrogens is 2. The Morgan fingerprint density at radius 3 is 2.41 bits per heavy atom. The van der Waals surface area contributed by atoms with Crippen LogP contribution in [0.25, 0.3) is 0 Å². The van der Waals surface area contributed by atoms with Gasteiger partial charge < -0.3 is 4.90 Å². The Bertz CT molecular complexity index is 887. The summed E-state index contributed by atoms with van der Waals surface area (Å²) in [5.41, 5.74) is -0.542. The van der Waals surface area contributed by atoms with Crippen LogP contribution in [0.5, 0.6) is 0 Å². The van der Waals surface area contributed by atoms with Crippen molar-refractivity contribution in [1.29, 1.82) is 0 Å². The molecule has 10 heteroatoms. The fraction of sp³-hybridized carbons (Fsp3) is 0.474. The van der Waals surface area contributed by atoms with Gasteiger partial charge in [-0.05, 0) is 26.0 Å². The van der Waals surface area contributed by atoms with Crippen LogP contribution in [0.15, 0.2) is 24.3 Å². The Labute approximate surface area is 164 Å². The van der Waals surface area contributed by atoms with Gasteiger partial charge in [-0.3, -0.25) is 14.4 Å². The van der Waals surface area contributed by atoms with Crippen molar-refractivity contribution < 1.29 is 26.7 Å². The van der Waals surface area contributed by atoms with Gasteiger partial charge in [0.15, 0.2) is 17.3 Å². The molecule has 1 aromatic carbocycles. The summed E-state index contributed by atoms with van der Waals surface area (Å²) in [4.78, 5) is 16.2. The number of alkyl halides is 3. The molecule has 1 fully saturated rings. The fourth-order valence-corrected chi connectivity index (χ4v) is 3.43. The molecule has 0 saturated carbocycles. The van der Waals surface area contributed by atoms with Crippen LogP contribution in [0.4, 0.5) is 22.0 Å². The Kier molecular flexibility index (Phi) is 5.92. The Balaban J connectivity index is 1.61. The molecule has 1 saturated heterocycles. The number of benzene rings is 1. The van der Waals surface area contributed by atoms with Crippen molar-refractivity contribution in [2.75, 3.05) is 26.2 Å². The third-order valence-corrected chi connectivity index (χ3v) is 5.05.